The molecule has 1 saturated heterocycles. The second-order valence-corrected chi connectivity index (χ2v) is 7.74. The zero-order valence-electron chi connectivity index (χ0n) is 17.8. The molecule has 0 bridgehead atoms. The number of piperidine rings is 1. The van der Waals surface area contributed by atoms with Gasteiger partial charge in [0.2, 0.25) is 5.91 Å². The smallest absolute Gasteiger partial charge is 0.257 e. The maximum absolute atomic E-state index is 13.5. The highest BCUT2D eigenvalue weighted by Crippen LogP contribution is 2.34. The third-order valence-corrected chi connectivity index (χ3v) is 5.80. The van der Waals surface area contributed by atoms with E-state index in [1.807, 2.05) is 30.3 Å². The van der Waals surface area contributed by atoms with Crippen molar-refractivity contribution in [2.75, 3.05) is 25.5 Å². The van der Waals surface area contributed by atoms with Crippen LogP contribution in [0.25, 0.3) is 0 Å². The maximum atomic E-state index is 13.5. The number of carbonyl (C=O) groups excluding carboxylic acids is 2. The van der Waals surface area contributed by atoms with Gasteiger partial charge >= 0.3 is 0 Å². The molecule has 2 aromatic heterocycles. The molecule has 0 saturated carbocycles. The number of likely N-dealkylation sites (tertiary alicyclic amines) is 1. The second kappa shape index (κ2) is 9.05. The van der Waals surface area contributed by atoms with E-state index in [0.29, 0.717) is 36.5 Å². The largest absolute Gasteiger partial charge is 0.497 e. The Morgan fingerprint density at radius 1 is 1.06 bits per heavy atom. The number of rotatable bonds is 6. The van der Waals surface area contributed by atoms with Gasteiger partial charge in [0.05, 0.1) is 18.4 Å². The summed E-state index contributed by atoms with van der Waals surface area (Å²) < 4.78 is 5.19. The van der Waals surface area contributed by atoms with Crippen molar-refractivity contribution < 1.29 is 14.3 Å². The fourth-order valence-corrected chi connectivity index (χ4v) is 4.07. The summed E-state index contributed by atoms with van der Waals surface area (Å²) in [5.74, 6) is 0.487. The Morgan fingerprint density at radius 2 is 1.84 bits per heavy atom. The van der Waals surface area contributed by atoms with E-state index >= 15 is 0 Å². The fourth-order valence-electron chi connectivity index (χ4n) is 4.07. The van der Waals surface area contributed by atoms with Crippen molar-refractivity contribution in [3.63, 3.8) is 0 Å². The predicted octanol–water partition coefficient (Wildman–Crippen LogP) is 2.89. The zero-order chi connectivity index (χ0) is 22.6. The van der Waals surface area contributed by atoms with Gasteiger partial charge in [-0.2, -0.15) is 0 Å². The molecule has 0 unspecified atom stereocenters. The predicted molar refractivity (Wildman–Crippen MR) is 121 cm³/mol. The molecule has 164 valence electrons. The molecule has 3 heterocycles. The number of anilines is 2. The summed E-state index contributed by atoms with van der Waals surface area (Å²) in [7, 11) is 1.60. The van der Waals surface area contributed by atoms with E-state index in [0.717, 1.165) is 11.4 Å². The number of benzene rings is 1. The molecule has 8 heteroatoms. The molecule has 0 radical (unpaired) electrons. The molecule has 0 spiro atoms. The Balaban J connectivity index is 1.61. The number of nitrogens with one attached hydrogen (secondary N) is 1. The van der Waals surface area contributed by atoms with E-state index in [2.05, 4.69) is 15.3 Å². The highest BCUT2D eigenvalue weighted by molar-refractivity contribution is 6.00. The lowest BCUT2D eigenvalue weighted by Crippen LogP contribution is -2.55. The molecule has 2 amide bonds. The van der Waals surface area contributed by atoms with Gasteiger partial charge in [-0.05, 0) is 61.4 Å². The van der Waals surface area contributed by atoms with Crippen LogP contribution in [0.4, 0.5) is 11.5 Å². The molecular formula is C24H25N5O3. The summed E-state index contributed by atoms with van der Waals surface area (Å²) in [5, 5.41) is 3.20. The second-order valence-electron chi connectivity index (χ2n) is 7.74. The topological polar surface area (TPSA) is 110 Å². The average Bonchev–Trinajstić information content (AvgIpc) is 2.85. The molecule has 1 fully saturated rings. The lowest BCUT2D eigenvalue weighted by atomic mass is 9.76. The van der Waals surface area contributed by atoms with Gasteiger partial charge < -0.3 is 20.7 Å². The van der Waals surface area contributed by atoms with Gasteiger partial charge in [-0.1, -0.05) is 6.07 Å². The first-order valence-corrected chi connectivity index (χ1v) is 10.4. The maximum Gasteiger partial charge on any atom is 0.257 e. The van der Waals surface area contributed by atoms with Crippen LogP contribution in [-0.2, 0) is 10.2 Å². The molecular weight excluding hydrogens is 406 g/mol. The first-order chi connectivity index (χ1) is 15.5. The molecule has 3 aromatic rings. The molecule has 3 N–H and O–H groups in total. The van der Waals surface area contributed by atoms with Crippen molar-refractivity contribution in [3.05, 3.63) is 78.2 Å². The van der Waals surface area contributed by atoms with E-state index in [1.54, 1.807) is 48.7 Å². The summed E-state index contributed by atoms with van der Waals surface area (Å²) >= 11 is 0. The minimum Gasteiger partial charge on any atom is -0.497 e. The molecule has 1 aliphatic rings. The zero-order valence-corrected chi connectivity index (χ0v) is 17.8. The van der Waals surface area contributed by atoms with E-state index in [9.17, 15) is 9.59 Å². The molecule has 8 nitrogen and oxygen atoms in total. The van der Waals surface area contributed by atoms with Crippen LogP contribution in [0.15, 0.2) is 67.0 Å². The first-order valence-electron chi connectivity index (χ1n) is 10.4. The molecule has 1 aliphatic heterocycles. The standard InChI is InChI=1S/C24H25N5O3/c1-32-18-10-8-17(9-11-18)28-21-19(6-4-14-27-21)22(30)29-15-5-12-24(16-29,23(25)31)20-7-2-3-13-26-20/h2-4,6-11,13-14H,5,12,15-16H2,1H3,(H2,25,31)(H,27,28)/t24-/m1/s1. The summed E-state index contributed by atoms with van der Waals surface area (Å²) in [5.41, 5.74) is 6.61. The normalized spacial score (nSPS) is 18.1. The van der Waals surface area contributed by atoms with Crippen molar-refractivity contribution in [2.45, 2.75) is 18.3 Å². The van der Waals surface area contributed by atoms with Crippen molar-refractivity contribution in [1.29, 1.82) is 0 Å². The third-order valence-electron chi connectivity index (χ3n) is 5.80. The van der Waals surface area contributed by atoms with Crippen molar-refractivity contribution in [3.8, 4) is 5.75 Å². The lowest BCUT2D eigenvalue weighted by molar-refractivity contribution is -0.125. The Morgan fingerprint density at radius 3 is 2.53 bits per heavy atom. The number of nitrogens with two attached hydrogens (primary N) is 1. The molecule has 0 aliphatic carbocycles. The van der Waals surface area contributed by atoms with E-state index in [-0.39, 0.29) is 12.5 Å². The number of ether oxygens (including phenoxy) is 1. The van der Waals surface area contributed by atoms with Gasteiger partial charge in [0, 0.05) is 31.2 Å². The summed E-state index contributed by atoms with van der Waals surface area (Å²) in [6, 6.07) is 16.2. The summed E-state index contributed by atoms with van der Waals surface area (Å²) in [4.78, 5) is 36.5. The van der Waals surface area contributed by atoms with E-state index in [4.69, 9.17) is 10.5 Å². The number of amides is 2. The fraction of sp³-hybridized carbons (Fsp3) is 0.250. The van der Waals surface area contributed by atoms with Crippen molar-refractivity contribution >= 4 is 23.3 Å². The van der Waals surface area contributed by atoms with Crippen molar-refractivity contribution in [2.24, 2.45) is 5.73 Å². The van der Waals surface area contributed by atoms with Gasteiger partial charge in [0.25, 0.3) is 5.91 Å². The van der Waals surface area contributed by atoms with Crippen molar-refractivity contribution in [1.82, 2.24) is 14.9 Å². The minimum atomic E-state index is -1.01. The minimum absolute atomic E-state index is 0.176. The van der Waals surface area contributed by atoms with Crippen LogP contribution in [-0.4, -0.2) is 46.9 Å². The Labute approximate surface area is 186 Å². The number of hydrogen-bond acceptors (Lipinski definition) is 6. The van der Waals surface area contributed by atoms with Crippen LogP contribution in [0.5, 0.6) is 5.75 Å². The summed E-state index contributed by atoms with van der Waals surface area (Å²) in [6.07, 6.45) is 4.46. The number of hydrogen-bond donors (Lipinski definition) is 2. The van der Waals surface area contributed by atoms with Gasteiger partial charge in [-0.25, -0.2) is 4.98 Å². The molecule has 4 rings (SSSR count). The van der Waals surface area contributed by atoms with Crippen LogP contribution in [0.3, 0.4) is 0 Å². The number of carbonyl (C=O) groups is 2. The Hall–Kier alpha value is -3.94. The van der Waals surface area contributed by atoms with E-state index in [1.165, 1.54) is 0 Å². The molecule has 32 heavy (non-hydrogen) atoms. The quantitative estimate of drug-likeness (QED) is 0.621. The van der Waals surface area contributed by atoms with Crippen LogP contribution >= 0.6 is 0 Å². The SMILES string of the molecule is COc1ccc(Nc2ncccc2C(=O)N2CCC[C@](C(N)=O)(c3ccccn3)C2)cc1. The average molecular weight is 431 g/mol. The first kappa shape index (κ1) is 21.3. The van der Waals surface area contributed by atoms with Gasteiger partial charge in [-0.3, -0.25) is 14.6 Å². The lowest BCUT2D eigenvalue weighted by Gasteiger charge is -2.40. The number of methoxy groups -OCH3 is 1. The van der Waals surface area contributed by atoms with Gasteiger partial charge in [0.1, 0.15) is 17.0 Å². The Kier molecular flexibility index (Phi) is 6.02. The van der Waals surface area contributed by atoms with Crippen LogP contribution in [0, 0.1) is 0 Å². The summed E-state index contributed by atoms with van der Waals surface area (Å²) in [6.45, 7) is 0.701. The number of primary amides is 1. The molecule has 1 atom stereocenters. The highest BCUT2D eigenvalue weighted by Gasteiger charge is 2.45. The highest BCUT2D eigenvalue weighted by atomic mass is 16.5. The third kappa shape index (κ3) is 4.12. The Bertz CT molecular complexity index is 1100. The monoisotopic (exact) mass is 431 g/mol. The number of pyridine rings is 2. The molecule has 1 aromatic carbocycles. The van der Waals surface area contributed by atoms with E-state index < -0.39 is 11.3 Å². The number of aromatic nitrogens is 2. The van der Waals surface area contributed by atoms with Crippen LogP contribution < -0.4 is 15.8 Å². The van der Waals surface area contributed by atoms with Gasteiger partial charge in [-0.15, -0.1) is 0 Å². The van der Waals surface area contributed by atoms with Crippen LogP contribution in [0.1, 0.15) is 28.9 Å². The van der Waals surface area contributed by atoms with Crippen LogP contribution in [0.2, 0.25) is 0 Å². The van der Waals surface area contributed by atoms with Gasteiger partial charge in [0.15, 0.2) is 0 Å². The number of nitrogens with zero attached hydrogens (tertiary/aromatic N) is 3.